The van der Waals surface area contributed by atoms with E-state index in [2.05, 4.69) is 5.10 Å². The van der Waals surface area contributed by atoms with Gasteiger partial charge in [-0.25, -0.2) is 5.01 Å². The van der Waals surface area contributed by atoms with Crippen LogP contribution in [0.25, 0.3) is 0 Å². The molecule has 0 fully saturated rings. The highest BCUT2D eigenvalue weighted by molar-refractivity contribution is 8.17. The Morgan fingerprint density at radius 1 is 0.758 bits per heavy atom. The van der Waals surface area contributed by atoms with E-state index in [0.717, 1.165) is 16.9 Å². The third kappa shape index (κ3) is 3.39. The third-order valence-corrected chi connectivity index (χ3v) is 6.69. The zero-order chi connectivity index (χ0) is 23.0. The summed E-state index contributed by atoms with van der Waals surface area (Å²) in [5, 5.41) is 11.6. The van der Waals surface area contributed by atoms with E-state index >= 15 is 0 Å². The summed E-state index contributed by atoms with van der Waals surface area (Å²) in [6.07, 6.45) is 0. The van der Waals surface area contributed by atoms with E-state index in [1.807, 2.05) is 95.9 Å². The van der Waals surface area contributed by atoms with Crippen molar-refractivity contribution in [1.29, 1.82) is 0 Å². The molecule has 0 N–H and O–H groups in total. The number of rotatable bonds is 4. The number of hydrazone groups is 2. The summed E-state index contributed by atoms with van der Waals surface area (Å²) in [5.41, 5.74) is 2.39. The molecule has 2 aliphatic heterocycles. The normalized spacial score (nSPS) is 19.6. The Morgan fingerprint density at radius 2 is 1.30 bits per heavy atom. The minimum atomic E-state index is -1.26. The van der Waals surface area contributed by atoms with Gasteiger partial charge in [-0.3, -0.25) is 14.5 Å². The second-order valence-corrected chi connectivity index (χ2v) is 8.71. The largest absolute Gasteiger partial charge is 0.296 e. The summed E-state index contributed by atoms with van der Waals surface area (Å²) in [6, 6.07) is 28.9. The van der Waals surface area contributed by atoms with Crippen molar-refractivity contribution in [2.75, 3.05) is 9.91 Å². The van der Waals surface area contributed by atoms with Crippen molar-refractivity contribution in [1.82, 2.24) is 5.01 Å². The van der Waals surface area contributed by atoms with Crippen LogP contribution in [0.5, 0.6) is 0 Å². The molecule has 7 nitrogen and oxygen atoms in total. The van der Waals surface area contributed by atoms with Crippen LogP contribution in [-0.2, 0) is 9.59 Å². The monoisotopic (exact) mass is 455 g/mol. The van der Waals surface area contributed by atoms with Crippen LogP contribution >= 0.6 is 11.8 Å². The fourth-order valence-electron chi connectivity index (χ4n) is 3.91. The molecule has 2 heterocycles. The van der Waals surface area contributed by atoms with Gasteiger partial charge in [-0.1, -0.05) is 66.7 Å². The third-order valence-electron chi connectivity index (χ3n) is 5.32. The maximum absolute atomic E-state index is 13.0. The summed E-state index contributed by atoms with van der Waals surface area (Å²) in [7, 11) is 0. The van der Waals surface area contributed by atoms with E-state index in [1.165, 1.54) is 30.6 Å². The van der Waals surface area contributed by atoms with E-state index in [1.54, 1.807) is 5.01 Å². The fourth-order valence-corrected chi connectivity index (χ4v) is 5.21. The lowest BCUT2D eigenvalue weighted by molar-refractivity contribution is -0.131. The highest BCUT2D eigenvalue weighted by Crippen LogP contribution is 2.51. The highest BCUT2D eigenvalue weighted by Gasteiger charge is 2.61. The van der Waals surface area contributed by atoms with Crippen LogP contribution in [0.15, 0.2) is 101 Å². The number of amides is 1. The Kier molecular flexibility index (Phi) is 5.22. The van der Waals surface area contributed by atoms with E-state index < -0.39 is 5.12 Å². The Bertz CT molecular complexity index is 1260. The van der Waals surface area contributed by atoms with E-state index in [9.17, 15) is 9.59 Å². The zero-order valence-electron chi connectivity index (χ0n) is 18.1. The number of anilines is 2. The number of carbonyl (C=O) groups is 2. The molecule has 0 aliphatic carbocycles. The maximum Gasteiger partial charge on any atom is 0.296 e. The first kappa shape index (κ1) is 21.0. The van der Waals surface area contributed by atoms with Crippen LogP contribution in [0, 0.1) is 0 Å². The molecule has 3 aromatic carbocycles. The van der Waals surface area contributed by atoms with Gasteiger partial charge in [0.15, 0.2) is 16.7 Å². The number of ketones is 1. The van der Waals surface area contributed by atoms with Gasteiger partial charge < -0.3 is 0 Å². The van der Waals surface area contributed by atoms with E-state index in [0.29, 0.717) is 10.9 Å². The quantitative estimate of drug-likeness (QED) is 0.580. The first-order chi connectivity index (χ1) is 16.0. The molecule has 0 aromatic heterocycles. The highest BCUT2D eigenvalue weighted by atomic mass is 32.2. The van der Waals surface area contributed by atoms with Gasteiger partial charge in [-0.15, -0.1) is 5.10 Å². The van der Waals surface area contributed by atoms with Crippen LogP contribution < -0.4 is 9.91 Å². The van der Waals surface area contributed by atoms with E-state index in [4.69, 9.17) is 5.10 Å². The molecule has 0 saturated carbocycles. The first-order valence-corrected chi connectivity index (χ1v) is 11.3. The van der Waals surface area contributed by atoms with Crippen molar-refractivity contribution < 1.29 is 9.59 Å². The standard InChI is InChI=1S/C25H21N5O2S/c1-18(31)24-27-30(22-16-10-5-11-17-22)25(33-24)28(21-14-8-4-9-15-21)23(26-29(25)19(2)32)20-12-6-3-7-13-20/h3-17H,1-2H3/t25-/m0/s1. The van der Waals surface area contributed by atoms with Crippen LogP contribution in [0.1, 0.15) is 19.4 Å². The molecule has 2 aliphatic rings. The van der Waals surface area contributed by atoms with Crippen molar-refractivity contribution in [3.05, 3.63) is 96.6 Å². The minimum Gasteiger partial charge on any atom is -0.292 e. The van der Waals surface area contributed by atoms with Gasteiger partial charge in [0.1, 0.15) is 0 Å². The maximum atomic E-state index is 13.0. The van der Waals surface area contributed by atoms with Crippen molar-refractivity contribution >= 4 is 45.7 Å². The number of amidine groups is 1. The molecule has 0 saturated heterocycles. The van der Waals surface area contributed by atoms with Crippen LogP contribution in [0.3, 0.4) is 0 Å². The molecule has 5 rings (SSSR count). The Hall–Kier alpha value is -3.91. The smallest absolute Gasteiger partial charge is 0.292 e. The molecule has 1 spiro atoms. The molecule has 33 heavy (non-hydrogen) atoms. The molecule has 164 valence electrons. The molecule has 0 unspecified atom stereocenters. The molecular weight excluding hydrogens is 434 g/mol. The predicted molar refractivity (Wildman–Crippen MR) is 132 cm³/mol. The molecule has 3 aromatic rings. The topological polar surface area (TPSA) is 68.6 Å². The number of nitrogens with zero attached hydrogens (tertiary/aromatic N) is 5. The van der Waals surface area contributed by atoms with Gasteiger partial charge in [-0.05, 0) is 36.0 Å². The molecular formula is C25H21N5O2S. The lowest BCUT2D eigenvalue weighted by atomic mass is 10.1. The summed E-state index contributed by atoms with van der Waals surface area (Å²) in [5.74, 6) is 0.142. The van der Waals surface area contributed by atoms with E-state index in [-0.39, 0.29) is 11.7 Å². The summed E-state index contributed by atoms with van der Waals surface area (Å²) < 4.78 is 0. The fraction of sp³-hybridized carbons (Fsp3) is 0.120. The summed E-state index contributed by atoms with van der Waals surface area (Å²) in [6.45, 7) is 2.95. The Morgan fingerprint density at radius 3 is 1.85 bits per heavy atom. The Labute approximate surface area is 196 Å². The van der Waals surface area contributed by atoms with Crippen molar-refractivity contribution in [3.8, 4) is 0 Å². The van der Waals surface area contributed by atoms with Crippen LogP contribution in [-0.4, -0.2) is 32.7 Å². The predicted octanol–water partition coefficient (Wildman–Crippen LogP) is 4.48. The number of benzene rings is 3. The lowest BCUT2D eigenvalue weighted by Crippen LogP contribution is -2.63. The van der Waals surface area contributed by atoms with Crippen LogP contribution in [0.2, 0.25) is 0 Å². The number of thioether (sulfide) groups is 1. The van der Waals surface area contributed by atoms with Crippen molar-refractivity contribution in [3.63, 3.8) is 0 Å². The minimum absolute atomic E-state index is 0.178. The molecule has 8 heteroatoms. The number of hydrogen-bond donors (Lipinski definition) is 0. The second-order valence-electron chi connectivity index (χ2n) is 7.58. The van der Waals surface area contributed by atoms with Gasteiger partial charge >= 0.3 is 0 Å². The number of hydrogen-bond acceptors (Lipinski definition) is 7. The number of carbonyl (C=O) groups excluding carboxylic acids is 2. The molecule has 0 radical (unpaired) electrons. The van der Waals surface area contributed by atoms with Gasteiger partial charge in [0.05, 0.1) is 5.69 Å². The van der Waals surface area contributed by atoms with Gasteiger partial charge in [0, 0.05) is 25.1 Å². The van der Waals surface area contributed by atoms with Gasteiger partial charge in [0.25, 0.3) is 5.12 Å². The lowest BCUT2D eigenvalue weighted by Gasteiger charge is -2.44. The zero-order valence-corrected chi connectivity index (χ0v) is 18.9. The van der Waals surface area contributed by atoms with Gasteiger partial charge in [0.2, 0.25) is 5.91 Å². The molecule has 1 atom stereocenters. The SMILES string of the molecule is CC(=O)C1=NN(c2ccccc2)[C@@]2(S1)N(C(C)=O)N=C(c1ccccc1)N2c1ccccc1. The van der Waals surface area contributed by atoms with Crippen molar-refractivity contribution in [2.45, 2.75) is 19.0 Å². The van der Waals surface area contributed by atoms with Gasteiger partial charge in [-0.2, -0.15) is 10.1 Å². The van der Waals surface area contributed by atoms with Crippen molar-refractivity contribution in [2.24, 2.45) is 10.2 Å². The van der Waals surface area contributed by atoms with Crippen LogP contribution in [0.4, 0.5) is 11.4 Å². The average molecular weight is 456 g/mol. The Balaban J connectivity index is 1.79. The number of para-hydroxylation sites is 2. The second kappa shape index (κ2) is 8.22. The average Bonchev–Trinajstić information content (AvgIpc) is 3.40. The number of Topliss-reactive ketones (excluding diaryl/α,β-unsaturated/α-hetero) is 1. The summed E-state index contributed by atoms with van der Waals surface area (Å²) in [4.78, 5) is 27.5. The first-order valence-electron chi connectivity index (χ1n) is 10.5. The molecule has 0 bridgehead atoms. The summed E-state index contributed by atoms with van der Waals surface area (Å²) >= 11 is 1.21. The molecule has 1 amide bonds.